The van der Waals surface area contributed by atoms with Crippen molar-refractivity contribution in [1.29, 1.82) is 0 Å². The average Bonchev–Trinajstić information content (AvgIpc) is 2.98. The molecule has 0 atom stereocenters. The quantitative estimate of drug-likeness (QED) is 0.704. The molecule has 0 aliphatic heterocycles. The van der Waals surface area contributed by atoms with Gasteiger partial charge in [-0.25, -0.2) is 9.97 Å². The Kier molecular flexibility index (Phi) is 5.63. The normalized spacial score (nSPS) is 11.6. The van der Waals surface area contributed by atoms with Crippen molar-refractivity contribution in [1.82, 2.24) is 19.8 Å². The van der Waals surface area contributed by atoms with Crippen LogP contribution in [0.4, 0.5) is 5.82 Å². The highest BCUT2D eigenvalue weighted by atomic mass is 32.1. The van der Waals surface area contributed by atoms with Crippen molar-refractivity contribution in [3.05, 3.63) is 41.5 Å². The van der Waals surface area contributed by atoms with Crippen molar-refractivity contribution in [2.75, 3.05) is 46.6 Å². The lowest BCUT2D eigenvalue weighted by atomic mass is 10.1. The maximum Gasteiger partial charge on any atom is 0.146 e. The zero-order valence-corrected chi connectivity index (χ0v) is 16.1. The summed E-state index contributed by atoms with van der Waals surface area (Å²) in [6.07, 6.45) is 0. The first-order valence-corrected chi connectivity index (χ1v) is 9.29. The van der Waals surface area contributed by atoms with E-state index in [9.17, 15) is 0 Å². The Hall–Kier alpha value is -2.02. The molecule has 3 aromatic rings. The van der Waals surface area contributed by atoms with Crippen molar-refractivity contribution in [2.24, 2.45) is 0 Å². The second-order valence-electron chi connectivity index (χ2n) is 6.65. The van der Waals surface area contributed by atoms with Gasteiger partial charge >= 0.3 is 0 Å². The van der Waals surface area contributed by atoms with Crippen molar-refractivity contribution in [3.8, 4) is 11.1 Å². The van der Waals surface area contributed by atoms with E-state index in [1.165, 1.54) is 11.1 Å². The summed E-state index contributed by atoms with van der Waals surface area (Å²) in [6.45, 7) is 2.54. The molecule has 25 heavy (non-hydrogen) atoms. The molecule has 0 unspecified atom stereocenters. The van der Waals surface area contributed by atoms with Crippen LogP contribution in [0.15, 0.2) is 35.7 Å². The zero-order valence-electron chi connectivity index (χ0n) is 15.3. The third kappa shape index (κ3) is 4.34. The standard InChI is InChI=1S/C19H25N5S/c1-23(2)11-10-20-18-17-15(14-8-6-5-7-9-14)13-25-19(17)22-16(21-18)12-24(3)4/h5-9,13H,10-12H2,1-4H3,(H,20,21,22). The Morgan fingerprint density at radius 1 is 1.00 bits per heavy atom. The van der Waals surface area contributed by atoms with E-state index >= 15 is 0 Å². The Balaban J connectivity index is 2.04. The summed E-state index contributed by atoms with van der Waals surface area (Å²) in [5, 5.41) is 6.83. The molecule has 0 fully saturated rings. The third-order valence-electron chi connectivity index (χ3n) is 3.87. The lowest BCUT2D eigenvalue weighted by molar-refractivity contribution is 0.391. The Bertz CT molecular complexity index is 826. The maximum atomic E-state index is 4.82. The second-order valence-corrected chi connectivity index (χ2v) is 7.51. The summed E-state index contributed by atoms with van der Waals surface area (Å²) in [7, 11) is 8.23. The minimum absolute atomic E-state index is 0.733. The number of nitrogens with one attached hydrogen (secondary N) is 1. The maximum absolute atomic E-state index is 4.82. The summed E-state index contributed by atoms with van der Waals surface area (Å²) in [5.41, 5.74) is 2.40. The van der Waals surface area contributed by atoms with Gasteiger partial charge in [-0.1, -0.05) is 30.3 Å². The average molecular weight is 356 g/mol. The van der Waals surface area contributed by atoms with Crippen molar-refractivity contribution >= 4 is 27.4 Å². The Morgan fingerprint density at radius 2 is 1.76 bits per heavy atom. The molecule has 0 saturated heterocycles. The van der Waals surface area contributed by atoms with E-state index in [-0.39, 0.29) is 0 Å². The number of hydrogen-bond donors (Lipinski definition) is 1. The number of benzene rings is 1. The lowest BCUT2D eigenvalue weighted by Gasteiger charge is -2.14. The van der Waals surface area contributed by atoms with Crippen LogP contribution in [-0.2, 0) is 6.54 Å². The first-order valence-electron chi connectivity index (χ1n) is 8.41. The summed E-state index contributed by atoms with van der Waals surface area (Å²) in [6, 6.07) is 10.5. The number of rotatable bonds is 7. The summed E-state index contributed by atoms with van der Waals surface area (Å²) in [4.78, 5) is 14.9. The number of hydrogen-bond acceptors (Lipinski definition) is 6. The molecular weight excluding hydrogens is 330 g/mol. The van der Waals surface area contributed by atoms with E-state index in [0.717, 1.165) is 41.5 Å². The van der Waals surface area contributed by atoms with Gasteiger partial charge in [0.1, 0.15) is 16.5 Å². The highest BCUT2D eigenvalue weighted by Gasteiger charge is 2.15. The molecule has 1 N–H and O–H groups in total. The van der Waals surface area contributed by atoms with Crippen LogP contribution in [-0.4, -0.2) is 61.0 Å². The van der Waals surface area contributed by atoms with Gasteiger partial charge in [0.05, 0.1) is 11.9 Å². The third-order valence-corrected chi connectivity index (χ3v) is 4.75. The van der Waals surface area contributed by atoms with E-state index < -0.39 is 0 Å². The minimum atomic E-state index is 0.733. The fraction of sp³-hybridized carbons (Fsp3) is 0.368. The molecule has 0 amide bonds. The molecule has 0 aliphatic carbocycles. The van der Waals surface area contributed by atoms with E-state index in [4.69, 9.17) is 9.97 Å². The molecule has 0 saturated carbocycles. The van der Waals surface area contributed by atoms with Crippen LogP contribution in [0, 0.1) is 0 Å². The zero-order chi connectivity index (χ0) is 17.8. The fourth-order valence-electron chi connectivity index (χ4n) is 2.70. The van der Waals surface area contributed by atoms with Crippen LogP contribution in [0.25, 0.3) is 21.3 Å². The van der Waals surface area contributed by atoms with Gasteiger partial charge in [-0.15, -0.1) is 11.3 Å². The molecule has 0 bridgehead atoms. The van der Waals surface area contributed by atoms with Gasteiger partial charge in [0, 0.05) is 24.0 Å². The van der Waals surface area contributed by atoms with Crippen LogP contribution in [0.1, 0.15) is 5.82 Å². The van der Waals surface area contributed by atoms with Gasteiger partial charge in [0.15, 0.2) is 0 Å². The lowest BCUT2D eigenvalue weighted by Crippen LogP contribution is -2.21. The molecule has 3 rings (SSSR count). The van der Waals surface area contributed by atoms with Crippen molar-refractivity contribution in [3.63, 3.8) is 0 Å². The van der Waals surface area contributed by atoms with Crippen LogP contribution < -0.4 is 5.32 Å². The van der Waals surface area contributed by atoms with Gasteiger partial charge in [0.2, 0.25) is 0 Å². The summed E-state index contributed by atoms with van der Waals surface area (Å²) >= 11 is 1.68. The topological polar surface area (TPSA) is 44.3 Å². The highest BCUT2D eigenvalue weighted by molar-refractivity contribution is 7.17. The first-order chi connectivity index (χ1) is 12.0. The predicted molar refractivity (Wildman–Crippen MR) is 107 cm³/mol. The number of fused-ring (bicyclic) bond motifs is 1. The SMILES string of the molecule is CN(C)CCNc1nc(CN(C)C)nc2scc(-c3ccccc3)c12. The second kappa shape index (κ2) is 7.91. The largest absolute Gasteiger partial charge is 0.368 e. The smallest absolute Gasteiger partial charge is 0.146 e. The predicted octanol–water partition coefficient (Wildman–Crippen LogP) is 3.39. The van der Waals surface area contributed by atoms with Crippen molar-refractivity contribution < 1.29 is 0 Å². The molecule has 2 aromatic heterocycles. The molecule has 1 aromatic carbocycles. The molecule has 2 heterocycles. The molecule has 132 valence electrons. The van der Waals surface area contributed by atoms with Gasteiger partial charge in [-0.3, -0.25) is 0 Å². The summed E-state index contributed by atoms with van der Waals surface area (Å²) in [5.74, 6) is 1.79. The number of thiophene rings is 1. The highest BCUT2D eigenvalue weighted by Crippen LogP contribution is 2.36. The molecule has 0 spiro atoms. The van der Waals surface area contributed by atoms with E-state index in [0.29, 0.717) is 0 Å². The Morgan fingerprint density at radius 3 is 2.44 bits per heavy atom. The molecule has 0 aliphatic rings. The van der Waals surface area contributed by atoms with Gasteiger partial charge < -0.3 is 15.1 Å². The Labute approximate surface area is 153 Å². The van der Waals surface area contributed by atoms with Crippen molar-refractivity contribution in [2.45, 2.75) is 6.54 Å². The van der Waals surface area contributed by atoms with Crippen LogP contribution in [0.3, 0.4) is 0 Å². The molecule has 6 heteroatoms. The molecular formula is C19H25N5S. The number of likely N-dealkylation sites (N-methyl/N-ethyl adjacent to an activating group) is 1. The van der Waals surface area contributed by atoms with Crippen LogP contribution in [0.5, 0.6) is 0 Å². The molecule has 0 radical (unpaired) electrons. The first kappa shape index (κ1) is 17.8. The molecule has 5 nitrogen and oxygen atoms in total. The summed E-state index contributed by atoms with van der Waals surface area (Å²) < 4.78 is 0. The van der Waals surface area contributed by atoms with E-state index in [1.807, 2.05) is 20.2 Å². The van der Waals surface area contributed by atoms with Gasteiger partial charge in [-0.2, -0.15) is 0 Å². The van der Waals surface area contributed by atoms with Crippen LogP contribution in [0.2, 0.25) is 0 Å². The number of anilines is 1. The van der Waals surface area contributed by atoms with Gasteiger partial charge in [0.25, 0.3) is 0 Å². The van der Waals surface area contributed by atoms with Crippen LogP contribution >= 0.6 is 11.3 Å². The number of nitrogens with zero attached hydrogens (tertiary/aromatic N) is 4. The monoisotopic (exact) mass is 355 g/mol. The van der Waals surface area contributed by atoms with Gasteiger partial charge in [-0.05, 0) is 33.8 Å². The number of aromatic nitrogens is 2. The fourth-order valence-corrected chi connectivity index (χ4v) is 3.66. The minimum Gasteiger partial charge on any atom is -0.368 e. The van der Waals surface area contributed by atoms with E-state index in [2.05, 4.69) is 58.9 Å². The van der Waals surface area contributed by atoms with E-state index in [1.54, 1.807) is 11.3 Å².